The van der Waals surface area contributed by atoms with Crippen molar-refractivity contribution >= 4 is 46.7 Å². The molecule has 5 rings (SSSR count). The minimum Gasteiger partial charge on any atom is -0.390 e. The fraction of sp³-hybridized carbons (Fsp3) is 0.657. The number of carbonyl (C=O) groups excluding carboxylic acids is 5. The van der Waals surface area contributed by atoms with Gasteiger partial charge in [0.25, 0.3) is 5.91 Å². The van der Waals surface area contributed by atoms with Gasteiger partial charge in [-0.3, -0.25) is 24.0 Å². The summed E-state index contributed by atoms with van der Waals surface area (Å²) in [5, 5.41) is 20.9. The highest BCUT2D eigenvalue weighted by molar-refractivity contribution is 6.37. The Hall–Kier alpha value is -3.51. The maximum absolute atomic E-state index is 14.5. The zero-order valence-corrected chi connectivity index (χ0v) is 29.0. The van der Waals surface area contributed by atoms with Crippen molar-refractivity contribution in [1.29, 1.82) is 0 Å². The highest BCUT2D eigenvalue weighted by Crippen LogP contribution is 2.41. The third-order valence-corrected chi connectivity index (χ3v) is 10.4. The van der Waals surface area contributed by atoms with E-state index in [1.807, 2.05) is 33.8 Å². The van der Waals surface area contributed by atoms with Crippen LogP contribution < -0.4 is 16.4 Å². The third kappa shape index (κ3) is 8.55. The van der Waals surface area contributed by atoms with Gasteiger partial charge in [-0.05, 0) is 68.4 Å². The number of amides is 4. The molecule has 2 aliphatic heterocycles. The van der Waals surface area contributed by atoms with Gasteiger partial charge >= 0.3 is 0 Å². The molecule has 4 amide bonds. The standard InChI is InChI=1S/C35H48ClN5O7/c1-33(2,3)29(39-27(42)15-21-10-12-34(4,47)13-11-21)32(46)41-19-35(17-25(40-48-35)22-6-5-7-23(36)16-22)18-26(41)31(45)38-24(14-20-8-9-20)28(43)30(37)44/h5-7,16,20-21,24,26,29,47H,8-15,17-19H2,1-4H3,(H2,37,44)(H,38,45)(H,39,42)/t21?,24-,26-,29+,34?,35+/m0/s1. The number of ketones is 1. The molecule has 2 aliphatic carbocycles. The van der Waals surface area contributed by atoms with Crippen LogP contribution in [0.1, 0.15) is 97.5 Å². The first-order valence-corrected chi connectivity index (χ1v) is 17.3. The molecule has 4 aliphatic rings. The fourth-order valence-corrected chi connectivity index (χ4v) is 7.30. The van der Waals surface area contributed by atoms with E-state index in [1.165, 1.54) is 4.90 Å². The normalized spacial score (nSPS) is 28.3. The van der Waals surface area contributed by atoms with E-state index in [2.05, 4.69) is 15.8 Å². The van der Waals surface area contributed by atoms with Gasteiger partial charge < -0.3 is 31.2 Å². The number of oxime groups is 1. The Morgan fingerprint density at radius 1 is 1.10 bits per heavy atom. The number of carbonyl (C=O) groups is 5. The van der Waals surface area contributed by atoms with E-state index in [4.69, 9.17) is 22.2 Å². The van der Waals surface area contributed by atoms with Crippen LogP contribution in [0.25, 0.3) is 0 Å². The van der Waals surface area contributed by atoms with Crippen LogP contribution in [0.4, 0.5) is 0 Å². The van der Waals surface area contributed by atoms with Crippen LogP contribution in [0.3, 0.4) is 0 Å². The van der Waals surface area contributed by atoms with E-state index in [9.17, 15) is 29.1 Å². The average molecular weight is 686 g/mol. The van der Waals surface area contributed by atoms with Gasteiger partial charge in [-0.25, -0.2) is 0 Å². The number of hydrogen-bond acceptors (Lipinski definition) is 8. The Labute approximate surface area is 286 Å². The fourth-order valence-electron chi connectivity index (χ4n) is 7.11. The summed E-state index contributed by atoms with van der Waals surface area (Å²) >= 11 is 6.23. The van der Waals surface area contributed by atoms with E-state index in [0.29, 0.717) is 42.8 Å². The molecule has 3 fully saturated rings. The molecule has 0 unspecified atom stereocenters. The minimum atomic E-state index is -1.13. The van der Waals surface area contributed by atoms with Crippen LogP contribution in [0.5, 0.6) is 0 Å². The summed E-state index contributed by atoms with van der Waals surface area (Å²) in [5.74, 6) is -3.05. The van der Waals surface area contributed by atoms with Crippen molar-refractivity contribution in [2.75, 3.05) is 6.54 Å². The van der Waals surface area contributed by atoms with Crippen molar-refractivity contribution < 1.29 is 33.9 Å². The molecule has 0 radical (unpaired) electrons. The van der Waals surface area contributed by atoms with E-state index in [-0.39, 0.29) is 43.6 Å². The number of Topliss-reactive ketones (excluding diaryl/α,β-unsaturated/α-hetero) is 1. The van der Waals surface area contributed by atoms with E-state index in [1.54, 1.807) is 18.2 Å². The summed E-state index contributed by atoms with van der Waals surface area (Å²) in [6.07, 6.45) is 5.30. The summed E-state index contributed by atoms with van der Waals surface area (Å²) in [6, 6.07) is 4.01. The van der Waals surface area contributed by atoms with Crippen LogP contribution in [-0.2, 0) is 28.8 Å². The van der Waals surface area contributed by atoms with Gasteiger partial charge in [-0.1, -0.05) is 62.5 Å². The molecule has 1 spiro atoms. The smallest absolute Gasteiger partial charge is 0.287 e. The molecular weight excluding hydrogens is 638 g/mol. The summed E-state index contributed by atoms with van der Waals surface area (Å²) in [5.41, 5.74) is 4.21. The molecule has 262 valence electrons. The molecule has 5 N–H and O–H groups in total. The topological polar surface area (TPSA) is 180 Å². The first kappa shape index (κ1) is 35.8. The van der Waals surface area contributed by atoms with Gasteiger partial charge in [0, 0.05) is 29.8 Å². The summed E-state index contributed by atoms with van der Waals surface area (Å²) in [6.45, 7) is 7.35. The Morgan fingerprint density at radius 3 is 2.40 bits per heavy atom. The summed E-state index contributed by atoms with van der Waals surface area (Å²) < 4.78 is 0. The number of likely N-dealkylation sites (tertiary alicyclic amines) is 1. The van der Waals surface area contributed by atoms with Crippen molar-refractivity contribution in [3.63, 3.8) is 0 Å². The molecule has 12 nitrogen and oxygen atoms in total. The van der Waals surface area contributed by atoms with Crippen molar-refractivity contribution in [2.45, 2.75) is 121 Å². The van der Waals surface area contributed by atoms with Gasteiger partial charge in [-0.15, -0.1) is 0 Å². The number of rotatable bonds is 11. The molecule has 48 heavy (non-hydrogen) atoms. The Morgan fingerprint density at radius 2 is 1.79 bits per heavy atom. The first-order valence-electron chi connectivity index (χ1n) is 16.9. The van der Waals surface area contributed by atoms with Gasteiger partial charge in [-0.2, -0.15) is 0 Å². The van der Waals surface area contributed by atoms with E-state index in [0.717, 1.165) is 18.4 Å². The van der Waals surface area contributed by atoms with Crippen LogP contribution in [0.15, 0.2) is 29.4 Å². The Balaban J connectivity index is 1.38. The lowest BCUT2D eigenvalue weighted by Gasteiger charge is -2.36. The predicted molar refractivity (Wildman–Crippen MR) is 179 cm³/mol. The van der Waals surface area contributed by atoms with Crippen LogP contribution >= 0.6 is 11.6 Å². The number of benzene rings is 1. The molecule has 1 saturated heterocycles. The zero-order valence-electron chi connectivity index (χ0n) is 28.2. The maximum Gasteiger partial charge on any atom is 0.287 e. The van der Waals surface area contributed by atoms with Crippen LogP contribution in [0, 0.1) is 17.3 Å². The van der Waals surface area contributed by atoms with Crippen LogP contribution in [-0.4, -0.2) is 81.0 Å². The second-order valence-electron chi connectivity index (χ2n) is 15.7. The van der Waals surface area contributed by atoms with Crippen molar-refractivity contribution in [3.8, 4) is 0 Å². The predicted octanol–water partition coefficient (Wildman–Crippen LogP) is 3.01. The number of hydrogen-bond donors (Lipinski definition) is 4. The largest absolute Gasteiger partial charge is 0.390 e. The molecule has 0 aromatic heterocycles. The van der Waals surface area contributed by atoms with Crippen molar-refractivity contribution in [1.82, 2.24) is 15.5 Å². The zero-order chi connectivity index (χ0) is 35.0. The average Bonchev–Trinajstić information content (AvgIpc) is 3.61. The van der Waals surface area contributed by atoms with E-state index < -0.39 is 58.2 Å². The number of nitrogens with zero attached hydrogens (tertiary/aromatic N) is 2. The highest BCUT2D eigenvalue weighted by Gasteiger charge is 2.56. The highest BCUT2D eigenvalue weighted by atomic mass is 35.5. The lowest BCUT2D eigenvalue weighted by Crippen LogP contribution is -2.59. The summed E-state index contributed by atoms with van der Waals surface area (Å²) in [7, 11) is 0. The van der Waals surface area contributed by atoms with E-state index >= 15 is 0 Å². The molecule has 2 saturated carbocycles. The van der Waals surface area contributed by atoms with Gasteiger partial charge in [0.1, 0.15) is 12.1 Å². The van der Waals surface area contributed by atoms with Crippen LogP contribution in [0.2, 0.25) is 5.02 Å². The monoisotopic (exact) mass is 685 g/mol. The Bertz CT molecular complexity index is 1480. The number of primary amides is 1. The number of halogens is 1. The second kappa shape index (κ2) is 13.8. The number of nitrogens with one attached hydrogen (secondary N) is 2. The lowest BCUT2D eigenvalue weighted by molar-refractivity contribution is -0.145. The Kier molecular flexibility index (Phi) is 10.3. The second-order valence-corrected chi connectivity index (χ2v) is 16.1. The molecule has 1 aromatic rings. The third-order valence-electron chi connectivity index (χ3n) is 10.2. The molecule has 1 aromatic carbocycles. The minimum absolute atomic E-state index is 0.00863. The molecule has 0 bridgehead atoms. The van der Waals surface area contributed by atoms with Crippen molar-refractivity contribution in [2.24, 2.45) is 28.1 Å². The molecular formula is C35H48ClN5O7. The van der Waals surface area contributed by atoms with Gasteiger partial charge in [0.05, 0.1) is 23.9 Å². The number of nitrogens with two attached hydrogens (primary N) is 1. The van der Waals surface area contributed by atoms with Gasteiger partial charge in [0.2, 0.25) is 23.5 Å². The SMILES string of the molecule is CC1(O)CCC(CC(=O)N[C@H](C(=O)N2C[C@@]3(CC(c4cccc(Cl)c4)=NO3)C[C@H]2C(=O)N[C@@H](CC2CC2)C(=O)C(N)=O)C(C)(C)C)CC1. The lowest BCUT2D eigenvalue weighted by atomic mass is 9.78. The van der Waals surface area contributed by atoms with Gasteiger partial charge in [0.15, 0.2) is 5.60 Å². The molecule has 13 heteroatoms. The molecule has 4 atom stereocenters. The first-order chi connectivity index (χ1) is 22.4. The van der Waals surface area contributed by atoms with Crippen molar-refractivity contribution in [3.05, 3.63) is 34.9 Å². The summed E-state index contributed by atoms with van der Waals surface area (Å²) in [4.78, 5) is 73.9. The number of aliphatic hydroxyl groups is 1. The quantitative estimate of drug-likeness (QED) is 0.258. The maximum atomic E-state index is 14.5. The molecule has 2 heterocycles.